The van der Waals surface area contributed by atoms with Crippen LogP contribution in [0.1, 0.15) is 56.1 Å². The molecular weight excluding hydrogens is 432 g/mol. The minimum atomic E-state index is -0.861. The molecule has 0 aromatic heterocycles. The van der Waals surface area contributed by atoms with Crippen LogP contribution in [0.5, 0.6) is 0 Å². The molecule has 2 aromatic rings. The Bertz CT molecular complexity index is 1010. The van der Waals surface area contributed by atoms with E-state index in [2.05, 4.69) is 34.9 Å². The summed E-state index contributed by atoms with van der Waals surface area (Å²) >= 11 is 0. The van der Waals surface area contributed by atoms with Gasteiger partial charge < -0.3 is 20.5 Å². The molecule has 2 amide bonds. The van der Waals surface area contributed by atoms with Crippen LogP contribution in [0.4, 0.5) is 4.79 Å². The van der Waals surface area contributed by atoms with Gasteiger partial charge in [0.1, 0.15) is 6.61 Å². The van der Waals surface area contributed by atoms with E-state index >= 15 is 0 Å². The van der Waals surface area contributed by atoms with Crippen molar-refractivity contribution in [2.45, 2.75) is 51.0 Å². The molecule has 2 aliphatic rings. The highest BCUT2D eigenvalue weighted by Crippen LogP contribution is 2.44. The summed E-state index contributed by atoms with van der Waals surface area (Å²) in [6, 6.07) is 16.5. The molecule has 0 heterocycles. The second kappa shape index (κ2) is 10.7. The number of ether oxygens (including phenoxy) is 1. The standard InChI is InChI=1S/C27H32N2O5/c1-17(12-26(31)32)15-28-25(30)14-18-10-11-19(13-18)29-27(33)34-16-24-22-8-4-2-6-20(22)21-7-3-5-9-23(21)24/h2-9,17-19,24H,10-16H2,1H3,(H,28,30)(H,29,33)(H,31,32). The number of carbonyl (C=O) groups excluding carboxylic acids is 2. The Kier molecular flexibility index (Phi) is 7.50. The van der Waals surface area contributed by atoms with Crippen molar-refractivity contribution in [3.8, 4) is 11.1 Å². The summed E-state index contributed by atoms with van der Waals surface area (Å²) < 4.78 is 5.64. The Labute approximate surface area is 199 Å². The van der Waals surface area contributed by atoms with Crippen LogP contribution in [0, 0.1) is 11.8 Å². The second-order valence-electron chi connectivity index (χ2n) is 9.56. The quantitative estimate of drug-likeness (QED) is 0.513. The first-order chi connectivity index (χ1) is 16.4. The summed E-state index contributed by atoms with van der Waals surface area (Å²) in [6.45, 7) is 2.45. The van der Waals surface area contributed by atoms with E-state index in [4.69, 9.17) is 9.84 Å². The Morgan fingerprint density at radius 3 is 2.32 bits per heavy atom. The molecule has 1 saturated carbocycles. The molecule has 1 fully saturated rings. The van der Waals surface area contributed by atoms with E-state index in [-0.39, 0.29) is 42.7 Å². The van der Waals surface area contributed by atoms with Gasteiger partial charge >= 0.3 is 12.1 Å². The third-order valence-corrected chi connectivity index (χ3v) is 6.85. The van der Waals surface area contributed by atoms with Gasteiger partial charge in [-0.25, -0.2) is 4.79 Å². The molecule has 180 valence electrons. The molecule has 7 heteroatoms. The number of aliphatic carboxylic acids is 1. The molecule has 3 N–H and O–H groups in total. The lowest BCUT2D eigenvalue weighted by atomic mass is 9.98. The van der Waals surface area contributed by atoms with Crippen molar-refractivity contribution >= 4 is 18.0 Å². The number of alkyl carbamates (subject to hydrolysis) is 1. The molecular formula is C27H32N2O5. The van der Waals surface area contributed by atoms with Gasteiger partial charge in [-0.3, -0.25) is 9.59 Å². The summed E-state index contributed by atoms with van der Waals surface area (Å²) in [5.41, 5.74) is 4.75. The minimum Gasteiger partial charge on any atom is -0.481 e. The zero-order valence-corrected chi connectivity index (χ0v) is 19.5. The predicted molar refractivity (Wildman–Crippen MR) is 128 cm³/mol. The van der Waals surface area contributed by atoms with E-state index < -0.39 is 12.1 Å². The van der Waals surface area contributed by atoms with E-state index in [1.54, 1.807) is 6.92 Å². The zero-order valence-electron chi connectivity index (χ0n) is 19.5. The highest BCUT2D eigenvalue weighted by atomic mass is 16.5. The van der Waals surface area contributed by atoms with Gasteiger partial charge in [0.15, 0.2) is 0 Å². The van der Waals surface area contributed by atoms with E-state index in [0.29, 0.717) is 13.0 Å². The number of carbonyl (C=O) groups is 3. The number of carboxylic acids is 1. The molecule has 34 heavy (non-hydrogen) atoms. The van der Waals surface area contributed by atoms with Crippen LogP contribution in [-0.4, -0.2) is 42.3 Å². The Morgan fingerprint density at radius 2 is 1.68 bits per heavy atom. The number of rotatable bonds is 9. The third-order valence-electron chi connectivity index (χ3n) is 6.85. The van der Waals surface area contributed by atoms with Gasteiger partial charge in [-0.15, -0.1) is 0 Å². The molecule has 3 atom stereocenters. The van der Waals surface area contributed by atoms with Crippen molar-refractivity contribution in [3.05, 3.63) is 59.7 Å². The fraction of sp³-hybridized carbons (Fsp3) is 0.444. The zero-order chi connectivity index (χ0) is 24.1. The molecule has 4 rings (SSSR count). The smallest absolute Gasteiger partial charge is 0.407 e. The first kappa shape index (κ1) is 23.8. The van der Waals surface area contributed by atoms with Crippen LogP contribution >= 0.6 is 0 Å². The average molecular weight is 465 g/mol. The summed E-state index contributed by atoms with van der Waals surface area (Å²) in [6.07, 6.45) is 2.43. The number of amides is 2. The molecule has 7 nitrogen and oxygen atoms in total. The fourth-order valence-corrected chi connectivity index (χ4v) is 5.19. The van der Waals surface area contributed by atoms with Crippen LogP contribution in [0.3, 0.4) is 0 Å². The fourth-order valence-electron chi connectivity index (χ4n) is 5.19. The Hall–Kier alpha value is -3.35. The molecule has 0 bridgehead atoms. The van der Waals surface area contributed by atoms with Crippen LogP contribution in [0.15, 0.2) is 48.5 Å². The summed E-state index contributed by atoms with van der Waals surface area (Å²) in [5, 5.41) is 14.6. The highest BCUT2D eigenvalue weighted by Gasteiger charge is 2.31. The molecule has 0 spiro atoms. The minimum absolute atomic E-state index is 0.000570. The summed E-state index contributed by atoms with van der Waals surface area (Å²) in [7, 11) is 0. The molecule has 2 aromatic carbocycles. The predicted octanol–water partition coefficient (Wildman–Crippen LogP) is 4.31. The van der Waals surface area contributed by atoms with Gasteiger partial charge in [-0.05, 0) is 53.4 Å². The van der Waals surface area contributed by atoms with Crippen molar-refractivity contribution < 1.29 is 24.2 Å². The number of benzene rings is 2. The molecule has 0 radical (unpaired) electrons. The Balaban J connectivity index is 1.21. The largest absolute Gasteiger partial charge is 0.481 e. The maximum atomic E-state index is 12.5. The first-order valence-corrected chi connectivity index (χ1v) is 12.0. The molecule has 3 unspecified atom stereocenters. The number of hydrogen-bond donors (Lipinski definition) is 3. The van der Waals surface area contributed by atoms with Crippen molar-refractivity contribution in [1.82, 2.24) is 10.6 Å². The molecule has 0 aliphatic heterocycles. The van der Waals surface area contributed by atoms with Crippen molar-refractivity contribution in [2.75, 3.05) is 13.2 Å². The van der Waals surface area contributed by atoms with Crippen LogP contribution in [-0.2, 0) is 14.3 Å². The van der Waals surface area contributed by atoms with Crippen LogP contribution in [0.25, 0.3) is 11.1 Å². The molecule has 0 saturated heterocycles. The lowest BCUT2D eigenvalue weighted by Crippen LogP contribution is -2.34. The lowest BCUT2D eigenvalue weighted by Gasteiger charge is -2.17. The van der Waals surface area contributed by atoms with E-state index in [9.17, 15) is 14.4 Å². The molecule has 2 aliphatic carbocycles. The van der Waals surface area contributed by atoms with E-state index in [1.807, 2.05) is 24.3 Å². The number of nitrogens with one attached hydrogen (secondary N) is 2. The number of fused-ring (bicyclic) bond motifs is 3. The second-order valence-corrected chi connectivity index (χ2v) is 9.56. The van der Waals surface area contributed by atoms with Crippen molar-refractivity contribution in [1.29, 1.82) is 0 Å². The summed E-state index contributed by atoms with van der Waals surface area (Å²) in [4.78, 5) is 35.4. The Morgan fingerprint density at radius 1 is 1.03 bits per heavy atom. The number of hydrogen-bond acceptors (Lipinski definition) is 4. The van der Waals surface area contributed by atoms with Gasteiger partial charge in [-0.2, -0.15) is 0 Å². The van der Waals surface area contributed by atoms with Gasteiger partial charge in [0.25, 0.3) is 0 Å². The normalized spacial score (nSPS) is 19.7. The lowest BCUT2D eigenvalue weighted by molar-refractivity contribution is -0.138. The van der Waals surface area contributed by atoms with Crippen molar-refractivity contribution in [3.63, 3.8) is 0 Å². The van der Waals surface area contributed by atoms with Gasteiger partial charge in [-0.1, -0.05) is 55.5 Å². The average Bonchev–Trinajstić information content (AvgIpc) is 3.37. The van der Waals surface area contributed by atoms with E-state index in [0.717, 1.165) is 19.3 Å². The summed E-state index contributed by atoms with van der Waals surface area (Å²) in [5.74, 6) is -0.799. The van der Waals surface area contributed by atoms with Crippen LogP contribution in [0.2, 0.25) is 0 Å². The third kappa shape index (κ3) is 5.76. The SMILES string of the molecule is CC(CNC(=O)CC1CCC(NC(=O)OCC2c3ccccc3-c3ccccc32)C1)CC(=O)O. The number of carboxylic acid groups (broad SMARTS) is 1. The monoisotopic (exact) mass is 464 g/mol. The topological polar surface area (TPSA) is 105 Å². The van der Waals surface area contributed by atoms with Gasteiger partial charge in [0.2, 0.25) is 5.91 Å². The maximum Gasteiger partial charge on any atom is 0.407 e. The van der Waals surface area contributed by atoms with Crippen LogP contribution < -0.4 is 10.6 Å². The highest BCUT2D eigenvalue weighted by molar-refractivity contribution is 5.79. The van der Waals surface area contributed by atoms with Gasteiger partial charge in [0, 0.05) is 31.3 Å². The van der Waals surface area contributed by atoms with Gasteiger partial charge in [0.05, 0.1) is 0 Å². The van der Waals surface area contributed by atoms with E-state index in [1.165, 1.54) is 22.3 Å². The first-order valence-electron chi connectivity index (χ1n) is 12.0. The maximum absolute atomic E-state index is 12.5. The van der Waals surface area contributed by atoms with Crippen molar-refractivity contribution in [2.24, 2.45) is 11.8 Å².